The molecule has 3 heterocycles. The van der Waals surface area contributed by atoms with Gasteiger partial charge in [-0.3, -0.25) is 9.48 Å². The van der Waals surface area contributed by atoms with Crippen molar-refractivity contribution < 1.29 is 9.18 Å². The SMILES string of the molecule is N#Cc1ccc(-c2cnn(CC3(F)CCCC3)c2)c(-c2ccc3c(c2)C(=O)N(C2CC2)C3)n1. The zero-order valence-corrected chi connectivity index (χ0v) is 18.3. The molecule has 2 aliphatic carbocycles. The molecule has 1 aliphatic heterocycles. The molecule has 6 rings (SSSR count). The van der Waals surface area contributed by atoms with Crippen LogP contribution in [0, 0.1) is 11.3 Å². The fourth-order valence-corrected chi connectivity index (χ4v) is 5.17. The number of benzene rings is 1. The van der Waals surface area contributed by atoms with Crippen molar-refractivity contribution in [2.24, 2.45) is 0 Å². The van der Waals surface area contributed by atoms with Crippen LogP contribution in [-0.4, -0.2) is 37.3 Å². The van der Waals surface area contributed by atoms with E-state index in [0.717, 1.165) is 47.9 Å². The van der Waals surface area contributed by atoms with E-state index in [9.17, 15) is 14.4 Å². The number of aromatic nitrogens is 3. The maximum absolute atomic E-state index is 15.0. The predicted molar refractivity (Wildman–Crippen MR) is 121 cm³/mol. The van der Waals surface area contributed by atoms with Crippen molar-refractivity contribution >= 4 is 5.91 Å². The van der Waals surface area contributed by atoms with Gasteiger partial charge in [0.1, 0.15) is 17.4 Å². The van der Waals surface area contributed by atoms with Gasteiger partial charge in [0, 0.05) is 41.0 Å². The van der Waals surface area contributed by atoms with Crippen LogP contribution in [-0.2, 0) is 13.1 Å². The summed E-state index contributed by atoms with van der Waals surface area (Å²) in [5.41, 5.74) is 3.91. The Labute approximate surface area is 191 Å². The van der Waals surface area contributed by atoms with Crippen LogP contribution in [0.25, 0.3) is 22.4 Å². The monoisotopic (exact) mass is 441 g/mol. The van der Waals surface area contributed by atoms with Crippen LogP contribution in [0.5, 0.6) is 0 Å². The lowest BCUT2D eigenvalue weighted by Gasteiger charge is -2.18. The number of hydrogen-bond donors (Lipinski definition) is 0. The third-order valence-electron chi connectivity index (χ3n) is 7.10. The molecule has 2 saturated carbocycles. The minimum absolute atomic E-state index is 0.0740. The van der Waals surface area contributed by atoms with Crippen molar-refractivity contribution in [3.05, 3.63) is 59.5 Å². The van der Waals surface area contributed by atoms with Crippen molar-refractivity contribution in [2.45, 2.75) is 63.3 Å². The Hall–Kier alpha value is -3.53. The summed E-state index contributed by atoms with van der Waals surface area (Å²) in [6.07, 6.45) is 8.71. The highest BCUT2D eigenvalue weighted by atomic mass is 19.1. The third kappa shape index (κ3) is 3.60. The van der Waals surface area contributed by atoms with Crippen LogP contribution in [0.3, 0.4) is 0 Å². The minimum Gasteiger partial charge on any atom is -0.331 e. The number of alkyl halides is 1. The average molecular weight is 442 g/mol. The highest BCUT2D eigenvalue weighted by molar-refractivity contribution is 6.00. The fraction of sp³-hybridized carbons (Fsp3) is 0.385. The van der Waals surface area contributed by atoms with Gasteiger partial charge in [0.25, 0.3) is 5.91 Å². The summed E-state index contributed by atoms with van der Waals surface area (Å²) >= 11 is 0. The van der Waals surface area contributed by atoms with Gasteiger partial charge >= 0.3 is 0 Å². The molecule has 7 heteroatoms. The first-order valence-corrected chi connectivity index (χ1v) is 11.6. The summed E-state index contributed by atoms with van der Waals surface area (Å²) in [6, 6.07) is 11.9. The normalized spacial score (nSPS) is 19.0. The molecule has 2 aromatic heterocycles. The van der Waals surface area contributed by atoms with Crippen LogP contribution >= 0.6 is 0 Å². The van der Waals surface area contributed by atoms with Gasteiger partial charge in [-0.25, -0.2) is 9.37 Å². The van der Waals surface area contributed by atoms with E-state index in [1.54, 1.807) is 16.9 Å². The number of halogens is 1. The Morgan fingerprint density at radius 2 is 1.94 bits per heavy atom. The zero-order chi connectivity index (χ0) is 22.6. The van der Waals surface area contributed by atoms with Crippen LogP contribution in [0.15, 0.2) is 42.7 Å². The Morgan fingerprint density at radius 1 is 1.12 bits per heavy atom. The van der Waals surface area contributed by atoms with E-state index < -0.39 is 5.67 Å². The Bertz CT molecular complexity index is 1300. The van der Waals surface area contributed by atoms with E-state index in [1.807, 2.05) is 35.4 Å². The van der Waals surface area contributed by atoms with Crippen molar-refractivity contribution in [2.75, 3.05) is 0 Å². The Kier molecular flexibility index (Phi) is 4.58. The molecule has 0 radical (unpaired) electrons. The number of nitrogens with zero attached hydrogens (tertiary/aromatic N) is 5. The Balaban J connectivity index is 1.37. The number of rotatable bonds is 5. The van der Waals surface area contributed by atoms with Gasteiger partial charge in [-0.2, -0.15) is 10.4 Å². The molecule has 0 atom stereocenters. The number of hydrogen-bond acceptors (Lipinski definition) is 4. The topological polar surface area (TPSA) is 74.8 Å². The molecule has 1 amide bonds. The quantitative estimate of drug-likeness (QED) is 0.565. The molecule has 0 N–H and O–H groups in total. The van der Waals surface area contributed by atoms with Crippen LogP contribution in [0.1, 0.15) is 60.1 Å². The molecule has 2 fully saturated rings. The second-order valence-corrected chi connectivity index (χ2v) is 9.53. The molecule has 6 nitrogen and oxygen atoms in total. The number of amides is 1. The Morgan fingerprint density at radius 3 is 2.70 bits per heavy atom. The van der Waals surface area contributed by atoms with E-state index >= 15 is 0 Å². The number of carbonyl (C=O) groups is 1. The van der Waals surface area contributed by atoms with Crippen molar-refractivity contribution in [1.29, 1.82) is 5.26 Å². The van der Waals surface area contributed by atoms with Crippen molar-refractivity contribution in [3.63, 3.8) is 0 Å². The van der Waals surface area contributed by atoms with Crippen LogP contribution in [0.2, 0.25) is 0 Å². The highest BCUT2D eigenvalue weighted by Crippen LogP contribution is 2.38. The lowest BCUT2D eigenvalue weighted by molar-refractivity contribution is 0.0766. The van der Waals surface area contributed by atoms with Gasteiger partial charge < -0.3 is 4.90 Å². The van der Waals surface area contributed by atoms with E-state index in [2.05, 4.69) is 16.2 Å². The molecular weight excluding hydrogens is 417 g/mol. The van der Waals surface area contributed by atoms with Crippen LogP contribution in [0.4, 0.5) is 4.39 Å². The van der Waals surface area contributed by atoms with Gasteiger partial charge in [0.15, 0.2) is 0 Å². The second kappa shape index (κ2) is 7.51. The van der Waals surface area contributed by atoms with Gasteiger partial charge in [0.2, 0.25) is 0 Å². The molecule has 3 aromatic rings. The molecule has 166 valence electrons. The van der Waals surface area contributed by atoms with Crippen molar-refractivity contribution in [1.82, 2.24) is 19.7 Å². The first-order chi connectivity index (χ1) is 16.0. The first kappa shape index (κ1) is 20.1. The summed E-state index contributed by atoms with van der Waals surface area (Å²) in [5, 5.41) is 13.8. The summed E-state index contributed by atoms with van der Waals surface area (Å²) < 4.78 is 16.6. The van der Waals surface area contributed by atoms with Gasteiger partial charge in [-0.15, -0.1) is 0 Å². The maximum atomic E-state index is 15.0. The number of fused-ring (bicyclic) bond motifs is 1. The predicted octanol–water partition coefficient (Wildman–Crippen LogP) is 4.88. The number of pyridine rings is 1. The second-order valence-electron chi connectivity index (χ2n) is 9.53. The minimum atomic E-state index is -1.19. The van der Waals surface area contributed by atoms with E-state index in [4.69, 9.17) is 0 Å². The third-order valence-corrected chi connectivity index (χ3v) is 7.10. The summed E-state index contributed by atoms with van der Waals surface area (Å²) in [5.74, 6) is 0.0740. The molecule has 0 spiro atoms. The molecule has 0 unspecified atom stereocenters. The standard InChI is InChI=1S/C26H24FN5O/c27-26(9-1-2-10-26)16-31-14-19(13-29-31)22-8-5-20(12-28)30-24(22)17-3-4-18-15-32(21-6-7-21)25(33)23(18)11-17/h3-5,8,11,13-14,21H,1-2,6-7,9-10,15-16H2. The van der Waals surface area contributed by atoms with E-state index in [0.29, 0.717) is 42.4 Å². The smallest absolute Gasteiger partial charge is 0.254 e. The average Bonchev–Trinajstić information content (AvgIpc) is 3.27. The molecule has 0 saturated heterocycles. The fourth-order valence-electron chi connectivity index (χ4n) is 5.17. The lowest BCUT2D eigenvalue weighted by atomic mass is 9.98. The molecular formula is C26H24FN5O. The summed E-state index contributed by atoms with van der Waals surface area (Å²) in [7, 11) is 0. The number of nitriles is 1. The maximum Gasteiger partial charge on any atom is 0.254 e. The highest BCUT2D eigenvalue weighted by Gasteiger charge is 2.38. The summed E-state index contributed by atoms with van der Waals surface area (Å²) in [4.78, 5) is 19.5. The van der Waals surface area contributed by atoms with Gasteiger partial charge in [-0.05, 0) is 49.4 Å². The lowest BCUT2D eigenvalue weighted by Crippen LogP contribution is -2.25. The number of carbonyl (C=O) groups excluding carboxylic acids is 1. The molecule has 1 aromatic carbocycles. The van der Waals surface area contributed by atoms with Gasteiger partial charge in [-0.1, -0.05) is 25.0 Å². The molecule has 0 bridgehead atoms. The van der Waals surface area contributed by atoms with E-state index in [-0.39, 0.29) is 12.5 Å². The summed E-state index contributed by atoms with van der Waals surface area (Å²) in [6.45, 7) is 0.909. The van der Waals surface area contributed by atoms with E-state index in [1.165, 1.54) is 0 Å². The van der Waals surface area contributed by atoms with Gasteiger partial charge in [0.05, 0.1) is 18.4 Å². The molecule has 33 heavy (non-hydrogen) atoms. The van der Waals surface area contributed by atoms with Crippen molar-refractivity contribution in [3.8, 4) is 28.5 Å². The first-order valence-electron chi connectivity index (χ1n) is 11.6. The zero-order valence-electron chi connectivity index (χ0n) is 18.3. The van der Waals surface area contributed by atoms with Crippen LogP contribution < -0.4 is 0 Å². The molecule has 3 aliphatic rings. The largest absolute Gasteiger partial charge is 0.331 e.